The van der Waals surface area contributed by atoms with Gasteiger partial charge in [-0.2, -0.15) is 0 Å². The van der Waals surface area contributed by atoms with E-state index in [-0.39, 0.29) is 11.8 Å². The Hall–Kier alpha value is -2.04. The van der Waals surface area contributed by atoms with Gasteiger partial charge in [0.05, 0.1) is 12.5 Å². The van der Waals surface area contributed by atoms with E-state index in [0.717, 1.165) is 54.4 Å². The van der Waals surface area contributed by atoms with E-state index in [2.05, 4.69) is 16.3 Å². The summed E-state index contributed by atoms with van der Waals surface area (Å²) >= 11 is 6.28. The highest BCUT2D eigenvalue weighted by Crippen LogP contribution is 2.22. The minimum absolute atomic E-state index is 0.0314. The van der Waals surface area contributed by atoms with E-state index in [1.807, 2.05) is 49.4 Å². The number of likely N-dealkylation sites (tertiary alicyclic amines) is 1. The first-order valence-corrected chi connectivity index (χ1v) is 9.98. The molecule has 0 aromatic heterocycles. The second-order valence-electron chi connectivity index (χ2n) is 6.96. The number of ether oxygens (including phenoxy) is 1. The number of nitrogens with zero attached hydrogens (tertiary/aromatic N) is 1. The molecule has 1 aliphatic heterocycles. The van der Waals surface area contributed by atoms with E-state index < -0.39 is 0 Å². The average Bonchev–Trinajstić information content (AvgIpc) is 2.69. The van der Waals surface area contributed by atoms with Crippen LogP contribution < -0.4 is 10.1 Å². The fourth-order valence-electron chi connectivity index (χ4n) is 3.48. The molecule has 1 amide bonds. The van der Waals surface area contributed by atoms with E-state index >= 15 is 0 Å². The molecule has 1 heterocycles. The van der Waals surface area contributed by atoms with Gasteiger partial charge in [0, 0.05) is 24.7 Å². The van der Waals surface area contributed by atoms with Crippen LogP contribution in [-0.2, 0) is 17.9 Å². The second kappa shape index (κ2) is 9.77. The zero-order valence-corrected chi connectivity index (χ0v) is 16.5. The molecule has 0 saturated carbocycles. The molecule has 0 radical (unpaired) electrons. The lowest BCUT2D eigenvalue weighted by Crippen LogP contribution is -2.42. The van der Waals surface area contributed by atoms with Gasteiger partial charge in [-0.15, -0.1) is 0 Å². The number of carbonyl (C=O) groups excluding carboxylic acids is 1. The van der Waals surface area contributed by atoms with Gasteiger partial charge < -0.3 is 10.1 Å². The molecule has 144 valence electrons. The SMILES string of the molecule is CCOc1ccc(CNC(=O)C2CCCN(Cc3ccccc3Cl)C2)cc1. The number of hydrogen-bond acceptors (Lipinski definition) is 3. The number of carbonyl (C=O) groups is 1. The van der Waals surface area contributed by atoms with Crippen molar-refractivity contribution in [2.75, 3.05) is 19.7 Å². The number of amides is 1. The van der Waals surface area contributed by atoms with Crippen LogP contribution in [0.3, 0.4) is 0 Å². The van der Waals surface area contributed by atoms with E-state index in [4.69, 9.17) is 16.3 Å². The van der Waals surface area contributed by atoms with Crippen molar-refractivity contribution in [2.24, 2.45) is 5.92 Å². The topological polar surface area (TPSA) is 41.6 Å². The van der Waals surface area contributed by atoms with Crippen LogP contribution in [0.1, 0.15) is 30.9 Å². The molecule has 1 fully saturated rings. The van der Waals surface area contributed by atoms with Gasteiger partial charge in [0.2, 0.25) is 5.91 Å². The van der Waals surface area contributed by atoms with E-state index in [1.54, 1.807) is 0 Å². The van der Waals surface area contributed by atoms with Crippen molar-refractivity contribution >= 4 is 17.5 Å². The van der Waals surface area contributed by atoms with Crippen molar-refractivity contribution < 1.29 is 9.53 Å². The Morgan fingerprint density at radius 1 is 1.22 bits per heavy atom. The highest BCUT2D eigenvalue weighted by atomic mass is 35.5. The lowest BCUT2D eigenvalue weighted by molar-refractivity contribution is -0.126. The molecule has 1 unspecified atom stereocenters. The van der Waals surface area contributed by atoms with Crippen LogP contribution in [0, 0.1) is 5.92 Å². The van der Waals surface area contributed by atoms with Crippen molar-refractivity contribution in [1.29, 1.82) is 0 Å². The van der Waals surface area contributed by atoms with Crippen LogP contribution in [0.25, 0.3) is 0 Å². The molecular formula is C22H27ClN2O2. The Morgan fingerprint density at radius 2 is 2.00 bits per heavy atom. The Kier molecular flexibility index (Phi) is 7.13. The smallest absolute Gasteiger partial charge is 0.224 e. The van der Waals surface area contributed by atoms with Crippen molar-refractivity contribution in [3.8, 4) is 5.75 Å². The van der Waals surface area contributed by atoms with Crippen LogP contribution in [0.5, 0.6) is 5.75 Å². The molecule has 1 N–H and O–H groups in total. The Morgan fingerprint density at radius 3 is 2.74 bits per heavy atom. The summed E-state index contributed by atoms with van der Waals surface area (Å²) < 4.78 is 5.45. The summed E-state index contributed by atoms with van der Waals surface area (Å²) in [7, 11) is 0. The van der Waals surface area contributed by atoms with Crippen molar-refractivity contribution in [2.45, 2.75) is 32.9 Å². The zero-order chi connectivity index (χ0) is 19.1. The van der Waals surface area contributed by atoms with Gasteiger partial charge in [-0.05, 0) is 55.6 Å². The number of benzene rings is 2. The fraction of sp³-hybridized carbons (Fsp3) is 0.409. The number of nitrogens with one attached hydrogen (secondary N) is 1. The minimum Gasteiger partial charge on any atom is -0.494 e. The summed E-state index contributed by atoms with van der Waals surface area (Å²) in [5.74, 6) is 1.02. The van der Waals surface area contributed by atoms with Gasteiger partial charge in [0.25, 0.3) is 0 Å². The molecule has 2 aromatic carbocycles. The van der Waals surface area contributed by atoms with Crippen molar-refractivity contribution in [3.05, 3.63) is 64.7 Å². The standard InChI is InChI=1S/C22H27ClN2O2/c1-2-27-20-11-9-17(10-12-20)14-24-22(26)19-7-5-13-25(16-19)15-18-6-3-4-8-21(18)23/h3-4,6,8-12,19H,2,5,7,13-16H2,1H3,(H,24,26). The van der Waals surface area contributed by atoms with Crippen molar-refractivity contribution in [3.63, 3.8) is 0 Å². The predicted octanol–water partition coefficient (Wildman–Crippen LogP) is 4.27. The Labute approximate surface area is 166 Å². The summed E-state index contributed by atoms with van der Waals surface area (Å²) in [6.07, 6.45) is 1.97. The first-order chi connectivity index (χ1) is 13.2. The Bertz CT molecular complexity index is 748. The number of piperidine rings is 1. The van der Waals surface area contributed by atoms with Gasteiger partial charge in [0.15, 0.2) is 0 Å². The molecule has 27 heavy (non-hydrogen) atoms. The van der Waals surface area contributed by atoms with E-state index in [0.29, 0.717) is 13.2 Å². The average molecular weight is 387 g/mol. The fourth-order valence-corrected chi connectivity index (χ4v) is 3.68. The number of halogens is 1. The van der Waals surface area contributed by atoms with Crippen molar-refractivity contribution in [1.82, 2.24) is 10.2 Å². The third-order valence-electron chi connectivity index (χ3n) is 4.93. The minimum atomic E-state index is 0.0314. The van der Waals surface area contributed by atoms with Crippen LogP contribution >= 0.6 is 11.6 Å². The highest BCUT2D eigenvalue weighted by Gasteiger charge is 2.25. The first-order valence-electron chi connectivity index (χ1n) is 9.61. The molecule has 1 saturated heterocycles. The maximum Gasteiger partial charge on any atom is 0.224 e. The number of hydrogen-bond donors (Lipinski definition) is 1. The summed E-state index contributed by atoms with van der Waals surface area (Å²) in [6.45, 7) is 5.75. The van der Waals surface area contributed by atoms with Crippen LogP contribution in [0.2, 0.25) is 5.02 Å². The second-order valence-corrected chi connectivity index (χ2v) is 7.37. The molecule has 3 rings (SSSR count). The van der Waals surface area contributed by atoms with Gasteiger partial charge in [-0.3, -0.25) is 9.69 Å². The molecular weight excluding hydrogens is 360 g/mol. The quantitative estimate of drug-likeness (QED) is 0.772. The molecule has 0 bridgehead atoms. The summed E-state index contributed by atoms with van der Waals surface area (Å²) in [4.78, 5) is 14.9. The molecule has 0 aliphatic carbocycles. The van der Waals surface area contributed by atoms with Crippen LogP contribution in [0.15, 0.2) is 48.5 Å². The first kappa shape index (κ1) is 19.7. The lowest BCUT2D eigenvalue weighted by Gasteiger charge is -2.32. The van der Waals surface area contributed by atoms with Gasteiger partial charge in [0.1, 0.15) is 5.75 Å². The molecule has 1 aliphatic rings. The van der Waals surface area contributed by atoms with Gasteiger partial charge in [-0.25, -0.2) is 0 Å². The van der Waals surface area contributed by atoms with Crippen LogP contribution in [0.4, 0.5) is 0 Å². The largest absolute Gasteiger partial charge is 0.494 e. The van der Waals surface area contributed by atoms with E-state index in [9.17, 15) is 4.79 Å². The monoisotopic (exact) mass is 386 g/mol. The van der Waals surface area contributed by atoms with Gasteiger partial charge in [-0.1, -0.05) is 41.9 Å². The summed E-state index contributed by atoms with van der Waals surface area (Å²) in [6, 6.07) is 15.8. The maximum absolute atomic E-state index is 12.6. The predicted molar refractivity (Wildman–Crippen MR) is 109 cm³/mol. The molecule has 2 aromatic rings. The van der Waals surface area contributed by atoms with Crippen LogP contribution in [-0.4, -0.2) is 30.5 Å². The number of rotatable bonds is 7. The molecule has 1 atom stereocenters. The molecule has 0 spiro atoms. The Balaban J connectivity index is 1.50. The maximum atomic E-state index is 12.6. The lowest BCUT2D eigenvalue weighted by atomic mass is 9.96. The third kappa shape index (κ3) is 5.72. The molecule has 5 heteroatoms. The molecule has 4 nitrogen and oxygen atoms in total. The van der Waals surface area contributed by atoms with Gasteiger partial charge >= 0.3 is 0 Å². The third-order valence-corrected chi connectivity index (χ3v) is 5.30. The summed E-state index contributed by atoms with van der Waals surface area (Å²) in [5.41, 5.74) is 2.20. The zero-order valence-electron chi connectivity index (χ0n) is 15.8. The van der Waals surface area contributed by atoms with E-state index in [1.165, 1.54) is 0 Å². The summed E-state index contributed by atoms with van der Waals surface area (Å²) in [5, 5.41) is 3.87. The highest BCUT2D eigenvalue weighted by molar-refractivity contribution is 6.31. The normalized spacial score (nSPS) is 17.5.